The van der Waals surface area contributed by atoms with Crippen molar-refractivity contribution in [2.24, 2.45) is 0 Å². The number of pyridine rings is 1. The molecule has 1 atom stereocenters. The largest absolute Gasteiger partial charge is 0.467 e. The van der Waals surface area contributed by atoms with Crippen LogP contribution in [0.3, 0.4) is 0 Å². The Morgan fingerprint density at radius 1 is 1.50 bits per heavy atom. The van der Waals surface area contributed by atoms with Gasteiger partial charge in [0.15, 0.2) is 0 Å². The molecule has 1 saturated heterocycles. The quantitative estimate of drug-likeness (QED) is 0.829. The summed E-state index contributed by atoms with van der Waals surface area (Å²) in [6, 6.07) is 2.56. The van der Waals surface area contributed by atoms with Crippen molar-refractivity contribution in [3.05, 3.63) is 29.6 Å². The summed E-state index contributed by atoms with van der Waals surface area (Å²) in [6.07, 6.45) is 3.38. The maximum absolute atomic E-state index is 12.3. The number of carbonyl (C=O) groups excluding carboxylic acids is 2. The number of aromatic nitrogens is 1. The van der Waals surface area contributed by atoms with Crippen LogP contribution in [0, 0.1) is 12.3 Å². The number of hydrogen-bond acceptors (Lipinski definition) is 5. The van der Waals surface area contributed by atoms with Gasteiger partial charge in [-0.25, -0.2) is 9.59 Å². The first kappa shape index (κ1) is 15.9. The van der Waals surface area contributed by atoms with Gasteiger partial charge >= 0.3 is 12.0 Å². The van der Waals surface area contributed by atoms with Crippen molar-refractivity contribution in [3.63, 3.8) is 0 Å². The van der Waals surface area contributed by atoms with E-state index in [0.717, 1.165) is 11.3 Å². The average Bonchev–Trinajstić information content (AvgIpc) is 2.53. The van der Waals surface area contributed by atoms with Crippen LogP contribution in [0.1, 0.15) is 30.5 Å². The van der Waals surface area contributed by atoms with E-state index in [1.807, 2.05) is 19.1 Å². The highest BCUT2D eigenvalue weighted by molar-refractivity contribution is 6.00. The van der Waals surface area contributed by atoms with Crippen LogP contribution in [-0.2, 0) is 16.1 Å². The van der Waals surface area contributed by atoms with E-state index in [4.69, 9.17) is 10.1 Å². The molecule has 2 rings (SSSR count). The number of carbonyl (C=O) groups is 2. The zero-order valence-electron chi connectivity index (χ0n) is 12.8. The summed E-state index contributed by atoms with van der Waals surface area (Å²) in [5, 5.41) is 10.7. The number of nitrogens with one attached hydrogen (secondary N) is 2. The lowest BCUT2D eigenvalue weighted by molar-refractivity contribution is -0.145. The highest BCUT2D eigenvalue weighted by atomic mass is 16.5. The number of methoxy groups -OCH3 is 1. The van der Waals surface area contributed by atoms with Crippen molar-refractivity contribution >= 4 is 17.8 Å². The molecule has 0 spiro atoms. The van der Waals surface area contributed by atoms with Crippen LogP contribution in [0.25, 0.3) is 0 Å². The third-order valence-corrected chi connectivity index (χ3v) is 3.60. The van der Waals surface area contributed by atoms with Crippen molar-refractivity contribution < 1.29 is 14.3 Å². The molecule has 0 saturated carbocycles. The third-order valence-electron chi connectivity index (χ3n) is 3.60. The minimum atomic E-state index is -0.720. The Hall–Kier alpha value is -2.44. The number of hydrogen-bond donors (Lipinski definition) is 2. The van der Waals surface area contributed by atoms with Gasteiger partial charge in [0.25, 0.3) is 0 Å². The minimum Gasteiger partial charge on any atom is -0.467 e. The lowest BCUT2D eigenvalue weighted by Gasteiger charge is -2.33. The molecule has 0 aliphatic carbocycles. The number of piperidine rings is 1. The molecule has 1 aliphatic rings. The molecule has 0 bridgehead atoms. The van der Waals surface area contributed by atoms with Crippen molar-refractivity contribution in [1.82, 2.24) is 15.2 Å². The molecule has 0 radical (unpaired) electrons. The molecule has 7 nitrogen and oxygen atoms in total. The number of urea groups is 1. The first-order chi connectivity index (χ1) is 10.5. The van der Waals surface area contributed by atoms with E-state index in [0.29, 0.717) is 25.8 Å². The van der Waals surface area contributed by atoms with Gasteiger partial charge in [0.05, 0.1) is 7.11 Å². The number of nitrogens with zero attached hydrogens (tertiary/aromatic N) is 2. The summed E-state index contributed by atoms with van der Waals surface area (Å²) in [6.45, 7) is 2.18. The number of aryl methyl sites for hydroxylation is 1. The van der Waals surface area contributed by atoms with Crippen LogP contribution in [0.5, 0.6) is 0 Å². The first-order valence-electron chi connectivity index (χ1n) is 7.16. The van der Waals surface area contributed by atoms with Gasteiger partial charge in [-0.15, -0.1) is 0 Å². The Labute approximate surface area is 129 Å². The fourth-order valence-corrected chi connectivity index (χ4v) is 2.39. The standard InChI is InChI=1S/C15H20N4O3/c1-10-6-7-11(8-17-10)9-18-15(21)19-12(14(20)22-2)4-3-5-13(19)16/h6-8,12,16H,3-5,9H2,1-2H3,(H,18,21). The molecule has 2 N–H and O–H groups in total. The first-order valence-corrected chi connectivity index (χ1v) is 7.16. The van der Waals surface area contributed by atoms with Gasteiger partial charge in [-0.3, -0.25) is 15.3 Å². The Morgan fingerprint density at radius 2 is 2.27 bits per heavy atom. The van der Waals surface area contributed by atoms with E-state index in [1.54, 1.807) is 6.20 Å². The number of likely N-dealkylation sites (tertiary alicyclic amines) is 1. The van der Waals surface area contributed by atoms with E-state index in [9.17, 15) is 9.59 Å². The molecule has 1 aliphatic heterocycles. The van der Waals surface area contributed by atoms with Gasteiger partial charge in [0.1, 0.15) is 11.9 Å². The van der Waals surface area contributed by atoms with Crippen molar-refractivity contribution in [3.8, 4) is 0 Å². The highest BCUT2D eigenvalue weighted by Gasteiger charge is 2.36. The van der Waals surface area contributed by atoms with Gasteiger partial charge in [0.2, 0.25) is 0 Å². The van der Waals surface area contributed by atoms with E-state index < -0.39 is 18.0 Å². The second-order valence-electron chi connectivity index (χ2n) is 5.21. The van der Waals surface area contributed by atoms with E-state index >= 15 is 0 Å². The summed E-state index contributed by atoms with van der Waals surface area (Å²) in [4.78, 5) is 29.5. The van der Waals surface area contributed by atoms with Gasteiger partial charge in [0, 0.05) is 24.9 Å². The van der Waals surface area contributed by atoms with Crippen LogP contribution in [0.2, 0.25) is 0 Å². The average molecular weight is 304 g/mol. The van der Waals surface area contributed by atoms with Gasteiger partial charge < -0.3 is 10.1 Å². The van der Waals surface area contributed by atoms with Crippen LogP contribution in [-0.4, -0.2) is 40.9 Å². The van der Waals surface area contributed by atoms with E-state index in [2.05, 4.69) is 10.3 Å². The molecule has 118 valence electrons. The lowest BCUT2D eigenvalue weighted by Crippen LogP contribution is -2.54. The predicted octanol–water partition coefficient (Wildman–Crippen LogP) is 1.60. The zero-order chi connectivity index (χ0) is 16.1. The number of ether oxygens (including phenoxy) is 1. The van der Waals surface area contributed by atoms with E-state index in [-0.39, 0.29) is 5.84 Å². The predicted molar refractivity (Wildman–Crippen MR) is 80.4 cm³/mol. The molecule has 2 heterocycles. The normalized spacial score (nSPS) is 18.0. The summed E-state index contributed by atoms with van der Waals surface area (Å²) in [5.41, 5.74) is 1.76. The van der Waals surface area contributed by atoms with Gasteiger partial charge in [-0.2, -0.15) is 0 Å². The minimum absolute atomic E-state index is 0.140. The lowest BCUT2D eigenvalue weighted by atomic mass is 10.0. The molecule has 1 fully saturated rings. The van der Waals surface area contributed by atoms with Crippen LogP contribution >= 0.6 is 0 Å². The molecular formula is C15H20N4O3. The summed E-state index contributed by atoms with van der Waals surface area (Å²) in [5.74, 6) is -0.349. The van der Waals surface area contributed by atoms with Crippen molar-refractivity contribution in [2.45, 2.75) is 38.8 Å². The van der Waals surface area contributed by atoms with Crippen LogP contribution in [0.4, 0.5) is 4.79 Å². The zero-order valence-corrected chi connectivity index (χ0v) is 12.8. The topological polar surface area (TPSA) is 95.4 Å². The SMILES string of the molecule is COC(=O)C1CCCC(=N)N1C(=O)NCc1ccc(C)nc1. The van der Waals surface area contributed by atoms with Crippen molar-refractivity contribution in [1.29, 1.82) is 5.41 Å². The van der Waals surface area contributed by atoms with Gasteiger partial charge in [-0.05, 0) is 31.4 Å². The number of rotatable bonds is 3. The Morgan fingerprint density at radius 3 is 2.91 bits per heavy atom. The summed E-state index contributed by atoms with van der Waals surface area (Å²) < 4.78 is 4.73. The second-order valence-corrected chi connectivity index (χ2v) is 5.21. The molecule has 1 unspecified atom stereocenters. The highest BCUT2D eigenvalue weighted by Crippen LogP contribution is 2.19. The summed E-state index contributed by atoms with van der Waals surface area (Å²) >= 11 is 0. The van der Waals surface area contributed by atoms with E-state index in [1.165, 1.54) is 12.0 Å². The van der Waals surface area contributed by atoms with Gasteiger partial charge in [-0.1, -0.05) is 6.07 Å². The van der Waals surface area contributed by atoms with Crippen LogP contribution < -0.4 is 5.32 Å². The maximum atomic E-state index is 12.3. The second kappa shape index (κ2) is 7.02. The molecule has 2 amide bonds. The molecule has 1 aromatic rings. The number of amidine groups is 1. The number of amides is 2. The maximum Gasteiger partial charge on any atom is 0.329 e. The molecular weight excluding hydrogens is 284 g/mol. The molecule has 1 aromatic heterocycles. The van der Waals surface area contributed by atoms with Crippen molar-refractivity contribution in [2.75, 3.05) is 7.11 Å². The smallest absolute Gasteiger partial charge is 0.329 e. The Kier molecular flexibility index (Phi) is 5.08. The molecule has 22 heavy (non-hydrogen) atoms. The Balaban J connectivity index is 2.03. The fourth-order valence-electron chi connectivity index (χ4n) is 2.39. The molecule has 0 aromatic carbocycles. The fraction of sp³-hybridized carbons (Fsp3) is 0.467. The summed E-state index contributed by atoms with van der Waals surface area (Å²) in [7, 11) is 1.29. The van der Waals surface area contributed by atoms with Crippen LogP contribution in [0.15, 0.2) is 18.3 Å². The molecule has 7 heteroatoms. The monoisotopic (exact) mass is 304 g/mol. The number of esters is 1. The third kappa shape index (κ3) is 3.60. The Bertz CT molecular complexity index is 571.